The Morgan fingerprint density at radius 2 is 2.09 bits per heavy atom. The maximum atomic E-state index is 11.3. The van der Waals surface area contributed by atoms with Gasteiger partial charge in [-0.3, -0.25) is 0 Å². The number of piperidine rings is 1. The summed E-state index contributed by atoms with van der Waals surface area (Å²) in [4.78, 5) is 24.1. The molecule has 1 aromatic rings. The monoisotopic (exact) mass is 305 g/mol. The van der Waals surface area contributed by atoms with Gasteiger partial charge in [0.1, 0.15) is 0 Å². The van der Waals surface area contributed by atoms with Crippen LogP contribution in [0.1, 0.15) is 19.3 Å². The smallest absolute Gasteiger partial charge is 0.314 e. The van der Waals surface area contributed by atoms with Gasteiger partial charge in [0.05, 0.1) is 12.6 Å². The molecule has 2 amide bonds. The predicted molar refractivity (Wildman–Crippen MR) is 82.5 cm³/mol. The van der Waals surface area contributed by atoms with Crippen LogP contribution in [0.4, 0.5) is 10.7 Å². The average molecular weight is 305 g/mol. The Morgan fingerprint density at radius 1 is 1.41 bits per heavy atom. The number of carbonyl (C=O) groups excluding carboxylic acids is 1. The second kappa shape index (κ2) is 6.08. The van der Waals surface area contributed by atoms with Crippen LogP contribution in [0.5, 0.6) is 0 Å². The molecular weight excluding hydrogens is 282 g/mol. The molecule has 22 heavy (non-hydrogen) atoms. The highest BCUT2D eigenvalue weighted by Crippen LogP contribution is 2.44. The van der Waals surface area contributed by atoms with E-state index in [1.165, 1.54) is 0 Å². The first kappa shape index (κ1) is 15.0. The third-order valence-corrected chi connectivity index (χ3v) is 4.92. The van der Waals surface area contributed by atoms with Crippen molar-refractivity contribution in [2.45, 2.75) is 25.3 Å². The van der Waals surface area contributed by atoms with Gasteiger partial charge in [0.25, 0.3) is 0 Å². The lowest BCUT2D eigenvalue weighted by atomic mass is 9.77. The molecule has 0 bridgehead atoms. The number of anilines is 1. The van der Waals surface area contributed by atoms with Gasteiger partial charge < -0.3 is 20.3 Å². The summed E-state index contributed by atoms with van der Waals surface area (Å²) >= 11 is 0. The lowest BCUT2D eigenvalue weighted by Gasteiger charge is -2.38. The number of likely N-dealkylation sites (tertiary alicyclic amines) is 1. The first-order valence-electron chi connectivity index (χ1n) is 7.70. The van der Waals surface area contributed by atoms with Gasteiger partial charge in [-0.15, -0.1) is 0 Å². The molecule has 120 valence electrons. The summed E-state index contributed by atoms with van der Waals surface area (Å²) in [7, 11) is 1.73. The van der Waals surface area contributed by atoms with E-state index in [1.807, 2.05) is 6.07 Å². The van der Waals surface area contributed by atoms with E-state index >= 15 is 0 Å². The van der Waals surface area contributed by atoms with Crippen LogP contribution >= 0.6 is 0 Å². The fourth-order valence-electron chi connectivity index (χ4n) is 3.74. The molecule has 0 aromatic carbocycles. The van der Waals surface area contributed by atoms with Crippen molar-refractivity contribution in [2.75, 3.05) is 38.3 Å². The van der Waals surface area contributed by atoms with Crippen molar-refractivity contribution in [2.24, 2.45) is 11.1 Å². The first-order chi connectivity index (χ1) is 10.6. The Kier molecular flexibility index (Phi) is 4.15. The average Bonchev–Trinajstić information content (AvgIpc) is 2.87. The van der Waals surface area contributed by atoms with E-state index in [9.17, 15) is 4.79 Å². The van der Waals surface area contributed by atoms with Gasteiger partial charge in [-0.25, -0.2) is 14.8 Å². The minimum Gasteiger partial charge on any atom is -0.383 e. The van der Waals surface area contributed by atoms with E-state index in [0.29, 0.717) is 6.61 Å². The molecule has 1 aromatic heterocycles. The number of nitrogens with two attached hydrogens (primary N) is 1. The number of aromatic nitrogens is 2. The van der Waals surface area contributed by atoms with Crippen molar-refractivity contribution in [3.63, 3.8) is 0 Å². The van der Waals surface area contributed by atoms with Crippen LogP contribution in [-0.2, 0) is 4.74 Å². The molecule has 2 fully saturated rings. The van der Waals surface area contributed by atoms with Crippen molar-refractivity contribution in [3.05, 3.63) is 18.5 Å². The number of hydrogen-bond donors (Lipinski definition) is 1. The highest BCUT2D eigenvalue weighted by atomic mass is 16.5. The van der Waals surface area contributed by atoms with Crippen LogP contribution < -0.4 is 10.6 Å². The second-order valence-electron chi connectivity index (χ2n) is 6.32. The number of amides is 2. The molecule has 7 nitrogen and oxygen atoms in total. The number of urea groups is 1. The fraction of sp³-hybridized carbons (Fsp3) is 0.667. The molecule has 1 atom stereocenters. The van der Waals surface area contributed by atoms with Gasteiger partial charge in [0, 0.05) is 39.1 Å². The third kappa shape index (κ3) is 2.85. The van der Waals surface area contributed by atoms with Gasteiger partial charge in [0.2, 0.25) is 5.95 Å². The van der Waals surface area contributed by atoms with Crippen molar-refractivity contribution in [1.29, 1.82) is 0 Å². The zero-order chi connectivity index (χ0) is 15.6. The molecule has 2 saturated heterocycles. The van der Waals surface area contributed by atoms with E-state index in [2.05, 4.69) is 14.9 Å². The van der Waals surface area contributed by atoms with Crippen molar-refractivity contribution < 1.29 is 9.53 Å². The number of nitrogens with zero attached hydrogens (tertiary/aromatic N) is 4. The Morgan fingerprint density at radius 3 is 2.68 bits per heavy atom. The Hall–Kier alpha value is -1.89. The minimum absolute atomic E-state index is 0.203. The summed E-state index contributed by atoms with van der Waals surface area (Å²) in [5, 5.41) is 0. The zero-order valence-electron chi connectivity index (χ0n) is 12.9. The number of primary amides is 1. The molecule has 7 heteroatoms. The van der Waals surface area contributed by atoms with Crippen LogP contribution in [0.2, 0.25) is 0 Å². The summed E-state index contributed by atoms with van der Waals surface area (Å²) in [6.45, 7) is 3.05. The van der Waals surface area contributed by atoms with Crippen LogP contribution in [0.25, 0.3) is 0 Å². The topological polar surface area (TPSA) is 84.6 Å². The van der Waals surface area contributed by atoms with Crippen molar-refractivity contribution in [3.8, 4) is 0 Å². The number of rotatable bonds is 3. The summed E-state index contributed by atoms with van der Waals surface area (Å²) in [6, 6.07) is 1.79. The zero-order valence-corrected chi connectivity index (χ0v) is 12.9. The molecule has 0 radical (unpaired) electrons. The van der Waals surface area contributed by atoms with E-state index in [4.69, 9.17) is 10.5 Å². The molecular formula is C15H23N5O2. The van der Waals surface area contributed by atoms with E-state index in [-0.39, 0.29) is 17.5 Å². The van der Waals surface area contributed by atoms with Gasteiger partial charge in [0.15, 0.2) is 0 Å². The molecule has 0 aliphatic carbocycles. The van der Waals surface area contributed by atoms with E-state index in [0.717, 1.165) is 44.8 Å². The van der Waals surface area contributed by atoms with Gasteiger partial charge in [-0.1, -0.05) is 0 Å². The molecule has 2 N–H and O–H groups in total. The van der Waals surface area contributed by atoms with Crippen LogP contribution in [0.15, 0.2) is 18.5 Å². The third-order valence-electron chi connectivity index (χ3n) is 4.92. The maximum Gasteiger partial charge on any atom is 0.314 e. The highest BCUT2D eigenvalue weighted by Gasteiger charge is 2.46. The fourth-order valence-corrected chi connectivity index (χ4v) is 3.74. The molecule has 3 rings (SSSR count). The maximum absolute atomic E-state index is 11.3. The molecule has 2 aliphatic rings. The SMILES string of the molecule is COCC1CC2(CCN(C(N)=O)CC2)CN1c1ncccn1. The first-order valence-corrected chi connectivity index (χ1v) is 7.70. The largest absolute Gasteiger partial charge is 0.383 e. The lowest BCUT2D eigenvalue weighted by molar-refractivity contribution is 0.124. The normalized spacial score (nSPS) is 24.0. The summed E-state index contributed by atoms with van der Waals surface area (Å²) < 4.78 is 5.39. The summed E-state index contributed by atoms with van der Waals surface area (Å²) in [6.07, 6.45) is 6.53. The van der Waals surface area contributed by atoms with Crippen LogP contribution in [0.3, 0.4) is 0 Å². The molecule has 1 spiro atoms. The molecule has 1 unspecified atom stereocenters. The Labute approximate surface area is 130 Å². The minimum atomic E-state index is -0.315. The number of hydrogen-bond acceptors (Lipinski definition) is 5. The summed E-state index contributed by atoms with van der Waals surface area (Å²) in [5.74, 6) is 0.763. The van der Waals surface area contributed by atoms with E-state index < -0.39 is 0 Å². The van der Waals surface area contributed by atoms with Gasteiger partial charge in [-0.05, 0) is 30.7 Å². The van der Waals surface area contributed by atoms with Crippen LogP contribution in [0, 0.1) is 5.41 Å². The number of carbonyl (C=O) groups is 1. The Balaban J connectivity index is 1.75. The number of ether oxygens (including phenoxy) is 1. The van der Waals surface area contributed by atoms with Crippen LogP contribution in [-0.4, -0.2) is 60.3 Å². The predicted octanol–water partition coefficient (Wildman–Crippen LogP) is 0.863. The van der Waals surface area contributed by atoms with Gasteiger partial charge in [-0.2, -0.15) is 0 Å². The second-order valence-corrected chi connectivity index (χ2v) is 6.32. The van der Waals surface area contributed by atoms with Crippen molar-refractivity contribution >= 4 is 12.0 Å². The molecule has 2 aliphatic heterocycles. The highest BCUT2D eigenvalue weighted by molar-refractivity contribution is 5.72. The lowest BCUT2D eigenvalue weighted by Crippen LogP contribution is -2.46. The Bertz CT molecular complexity index is 516. The quantitative estimate of drug-likeness (QED) is 0.895. The van der Waals surface area contributed by atoms with Crippen molar-refractivity contribution in [1.82, 2.24) is 14.9 Å². The summed E-state index contributed by atoms with van der Waals surface area (Å²) in [5.41, 5.74) is 5.59. The van der Waals surface area contributed by atoms with Gasteiger partial charge >= 0.3 is 6.03 Å². The molecule has 0 saturated carbocycles. The standard InChI is InChI=1S/C15H23N5O2/c1-22-10-12-9-15(3-7-19(8-4-15)13(16)21)11-20(12)14-17-5-2-6-18-14/h2,5-6,12H,3-4,7-11H2,1H3,(H2,16,21). The van der Waals surface area contributed by atoms with E-state index in [1.54, 1.807) is 24.4 Å². The molecule has 3 heterocycles. The number of methoxy groups -OCH3 is 1.